The molecule has 0 atom stereocenters. The molecule has 0 unspecified atom stereocenters. The summed E-state index contributed by atoms with van der Waals surface area (Å²) in [5, 5.41) is 7.57. The van der Waals surface area contributed by atoms with Gasteiger partial charge in [0.15, 0.2) is 0 Å². The molecular formula is C12H28O2. The van der Waals surface area contributed by atoms with E-state index in [0.29, 0.717) is 0 Å². The average Bonchev–Trinajstić information content (AvgIpc) is 2.74. The summed E-state index contributed by atoms with van der Waals surface area (Å²) < 4.78 is 4.94. The van der Waals surface area contributed by atoms with Crippen molar-refractivity contribution in [2.45, 2.75) is 59.3 Å². The predicted molar refractivity (Wildman–Crippen MR) is 62.6 cm³/mol. The molecule has 2 heteroatoms. The highest BCUT2D eigenvalue weighted by Crippen LogP contribution is 1.98. The van der Waals surface area contributed by atoms with E-state index in [0.717, 1.165) is 13.2 Å². The van der Waals surface area contributed by atoms with Gasteiger partial charge in [0.2, 0.25) is 0 Å². The second kappa shape index (κ2) is 18.7. The summed E-state index contributed by atoms with van der Waals surface area (Å²) in [4.78, 5) is 0. The van der Waals surface area contributed by atoms with Crippen molar-refractivity contribution in [2.75, 3.05) is 19.8 Å². The van der Waals surface area contributed by atoms with Crippen LogP contribution >= 0.6 is 0 Å². The average molecular weight is 204 g/mol. The molecule has 0 aromatic heterocycles. The van der Waals surface area contributed by atoms with E-state index in [4.69, 9.17) is 9.84 Å². The number of aliphatic hydroxyl groups excluding tert-OH is 1. The lowest BCUT2D eigenvalue weighted by Crippen LogP contribution is -1.74. The van der Waals surface area contributed by atoms with Crippen molar-refractivity contribution in [1.82, 2.24) is 0 Å². The minimum atomic E-state index is 0.250. The van der Waals surface area contributed by atoms with E-state index in [2.05, 4.69) is 13.8 Å². The predicted octanol–water partition coefficient (Wildman–Crippen LogP) is 3.38. The van der Waals surface area contributed by atoms with Crippen LogP contribution in [0.1, 0.15) is 59.3 Å². The summed E-state index contributed by atoms with van der Waals surface area (Å²) in [5.41, 5.74) is 0. The molecule has 0 bridgehead atoms. The van der Waals surface area contributed by atoms with Crippen LogP contribution in [0.25, 0.3) is 0 Å². The lowest BCUT2D eigenvalue weighted by atomic mass is 10.2. The molecule has 0 saturated carbocycles. The zero-order valence-corrected chi connectivity index (χ0v) is 10.2. The van der Waals surface area contributed by atoms with Crippen molar-refractivity contribution in [3.63, 3.8) is 0 Å². The van der Waals surface area contributed by atoms with Crippen LogP contribution in [0.15, 0.2) is 0 Å². The van der Waals surface area contributed by atoms with Crippen LogP contribution in [0.5, 0.6) is 0 Å². The summed E-state index contributed by atoms with van der Waals surface area (Å²) >= 11 is 0. The Kier molecular flexibility index (Phi) is 21.8. The minimum absolute atomic E-state index is 0.250. The molecule has 88 valence electrons. The minimum Gasteiger partial charge on any atom is -0.397 e. The van der Waals surface area contributed by atoms with Crippen LogP contribution in [0, 0.1) is 0 Å². The second-order valence-electron chi connectivity index (χ2n) is 3.34. The normalized spacial score (nSPS) is 13.7. The molecule has 1 saturated heterocycles. The Balaban J connectivity index is 0. The van der Waals surface area contributed by atoms with Gasteiger partial charge in [0.1, 0.15) is 0 Å². The van der Waals surface area contributed by atoms with Crippen molar-refractivity contribution in [1.29, 1.82) is 0 Å². The SMILES string of the molecule is C1CCOC1.CCCCCC.CCO. The fourth-order valence-corrected chi connectivity index (χ4v) is 1.01. The molecule has 1 rings (SSSR count). The molecule has 0 radical (unpaired) electrons. The van der Waals surface area contributed by atoms with Gasteiger partial charge in [0.25, 0.3) is 0 Å². The van der Waals surface area contributed by atoms with Gasteiger partial charge >= 0.3 is 0 Å². The van der Waals surface area contributed by atoms with Crippen LogP contribution in [-0.2, 0) is 4.74 Å². The zero-order chi connectivity index (χ0) is 11.1. The maximum absolute atomic E-state index is 7.57. The number of rotatable bonds is 3. The Morgan fingerprint density at radius 3 is 1.43 bits per heavy atom. The first-order valence-electron chi connectivity index (χ1n) is 6.01. The monoisotopic (exact) mass is 204 g/mol. The number of aliphatic hydroxyl groups is 1. The maximum atomic E-state index is 7.57. The smallest absolute Gasteiger partial charge is 0.0466 e. The molecular weight excluding hydrogens is 176 g/mol. The van der Waals surface area contributed by atoms with Crippen LogP contribution in [0.3, 0.4) is 0 Å². The van der Waals surface area contributed by atoms with E-state index in [1.54, 1.807) is 6.92 Å². The highest BCUT2D eigenvalue weighted by atomic mass is 16.5. The quantitative estimate of drug-likeness (QED) is 0.714. The van der Waals surface area contributed by atoms with Gasteiger partial charge < -0.3 is 9.84 Å². The first-order chi connectivity index (χ1) is 6.83. The van der Waals surface area contributed by atoms with Gasteiger partial charge in [-0.2, -0.15) is 0 Å². The van der Waals surface area contributed by atoms with E-state index in [-0.39, 0.29) is 6.61 Å². The topological polar surface area (TPSA) is 29.5 Å². The van der Waals surface area contributed by atoms with Crippen molar-refractivity contribution >= 4 is 0 Å². The van der Waals surface area contributed by atoms with Crippen molar-refractivity contribution in [3.05, 3.63) is 0 Å². The highest BCUT2D eigenvalue weighted by Gasteiger charge is 1.94. The zero-order valence-electron chi connectivity index (χ0n) is 10.2. The summed E-state index contributed by atoms with van der Waals surface area (Å²) in [6.07, 6.45) is 8.09. The standard InChI is InChI=1S/C6H14.C4H8O.C2H6O/c1-3-5-6-4-2;1-2-4-5-3-1;1-2-3/h3-6H2,1-2H3;1-4H2;3H,2H2,1H3. The Bertz CT molecular complexity index is 59.1. The third-order valence-electron chi connectivity index (χ3n) is 1.78. The molecule has 1 aliphatic heterocycles. The number of ether oxygens (including phenoxy) is 1. The Morgan fingerprint density at radius 1 is 0.929 bits per heavy atom. The largest absolute Gasteiger partial charge is 0.397 e. The Labute approximate surface area is 89.7 Å². The molecule has 0 spiro atoms. The fraction of sp³-hybridized carbons (Fsp3) is 1.00. The van der Waals surface area contributed by atoms with Crippen molar-refractivity contribution in [3.8, 4) is 0 Å². The first-order valence-corrected chi connectivity index (χ1v) is 6.01. The molecule has 2 nitrogen and oxygen atoms in total. The number of unbranched alkanes of at least 4 members (excludes halogenated alkanes) is 3. The van der Waals surface area contributed by atoms with Crippen LogP contribution in [-0.4, -0.2) is 24.9 Å². The van der Waals surface area contributed by atoms with Gasteiger partial charge in [0, 0.05) is 19.8 Å². The van der Waals surface area contributed by atoms with Gasteiger partial charge in [-0.05, 0) is 19.8 Å². The molecule has 1 heterocycles. The molecule has 1 N–H and O–H groups in total. The third kappa shape index (κ3) is 22.7. The summed E-state index contributed by atoms with van der Waals surface area (Å²) in [6.45, 7) is 8.39. The van der Waals surface area contributed by atoms with Crippen LogP contribution < -0.4 is 0 Å². The maximum Gasteiger partial charge on any atom is 0.0466 e. The van der Waals surface area contributed by atoms with E-state index in [9.17, 15) is 0 Å². The van der Waals surface area contributed by atoms with Crippen molar-refractivity contribution < 1.29 is 9.84 Å². The molecule has 0 aromatic carbocycles. The molecule has 0 amide bonds. The molecule has 0 aromatic rings. The van der Waals surface area contributed by atoms with Crippen LogP contribution in [0.2, 0.25) is 0 Å². The fourth-order valence-electron chi connectivity index (χ4n) is 1.01. The Hall–Kier alpha value is -0.0800. The van der Waals surface area contributed by atoms with E-state index >= 15 is 0 Å². The van der Waals surface area contributed by atoms with Gasteiger partial charge in [0.05, 0.1) is 0 Å². The summed E-state index contributed by atoms with van der Waals surface area (Å²) in [6, 6.07) is 0. The summed E-state index contributed by atoms with van der Waals surface area (Å²) in [5.74, 6) is 0. The molecule has 1 fully saturated rings. The lowest BCUT2D eigenvalue weighted by molar-refractivity contribution is 0.198. The molecule has 1 aliphatic rings. The number of hydrogen-bond donors (Lipinski definition) is 1. The van der Waals surface area contributed by atoms with E-state index in [1.165, 1.54) is 38.5 Å². The highest BCUT2D eigenvalue weighted by molar-refractivity contribution is 4.43. The van der Waals surface area contributed by atoms with Gasteiger partial charge in [-0.15, -0.1) is 0 Å². The van der Waals surface area contributed by atoms with E-state index in [1.807, 2.05) is 0 Å². The van der Waals surface area contributed by atoms with Crippen LogP contribution in [0.4, 0.5) is 0 Å². The first kappa shape index (κ1) is 16.4. The van der Waals surface area contributed by atoms with Gasteiger partial charge in [-0.3, -0.25) is 0 Å². The third-order valence-corrected chi connectivity index (χ3v) is 1.78. The molecule has 14 heavy (non-hydrogen) atoms. The Morgan fingerprint density at radius 2 is 1.29 bits per heavy atom. The summed E-state index contributed by atoms with van der Waals surface area (Å²) in [7, 11) is 0. The lowest BCUT2D eigenvalue weighted by Gasteiger charge is -1.86. The van der Waals surface area contributed by atoms with Crippen molar-refractivity contribution in [2.24, 2.45) is 0 Å². The van der Waals surface area contributed by atoms with E-state index < -0.39 is 0 Å². The second-order valence-corrected chi connectivity index (χ2v) is 3.34. The van der Waals surface area contributed by atoms with Gasteiger partial charge in [-0.1, -0.05) is 39.5 Å². The molecule has 0 aliphatic carbocycles. The number of hydrogen-bond acceptors (Lipinski definition) is 2. The van der Waals surface area contributed by atoms with Gasteiger partial charge in [-0.25, -0.2) is 0 Å².